The molecular weight excluding hydrogens is 331 g/mol. The zero-order valence-corrected chi connectivity index (χ0v) is 14.2. The average Bonchev–Trinajstić information content (AvgIpc) is 2.61. The van der Waals surface area contributed by atoms with E-state index in [2.05, 4.69) is 10.6 Å². The lowest BCUT2D eigenvalue weighted by Crippen LogP contribution is -2.57. The van der Waals surface area contributed by atoms with Gasteiger partial charge in [0.1, 0.15) is 6.04 Å². The number of amides is 1. The van der Waals surface area contributed by atoms with Gasteiger partial charge in [-0.15, -0.1) is 0 Å². The van der Waals surface area contributed by atoms with E-state index in [-0.39, 0.29) is 0 Å². The predicted molar refractivity (Wildman–Crippen MR) is 89.7 cm³/mol. The zero-order chi connectivity index (χ0) is 17.9. The van der Waals surface area contributed by atoms with Gasteiger partial charge in [0.2, 0.25) is 0 Å². The normalized spacial score (nSPS) is 20.0. The maximum Gasteiger partial charge on any atom is 0.405 e. The smallest absolute Gasteiger partial charge is 0.350 e. The van der Waals surface area contributed by atoms with Crippen LogP contribution >= 0.6 is 0 Å². The summed E-state index contributed by atoms with van der Waals surface area (Å²) in [7, 11) is 0. The first-order valence-corrected chi connectivity index (χ1v) is 8.86. The van der Waals surface area contributed by atoms with E-state index in [0.717, 1.165) is 31.2 Å². The second kappa shape index (κ2) is 7.74. The van der Waals surface area contributed by atoms with Crippen molar-refractivity contribution in [1.29, 1.82) is 0 Å². The highest BCUT2D eigenvalue weighted by atomic mass is 19.4. The highest BCUT2D eigenvalue weighted by Crippen LogP contribution is 2.25. The Morgan fingerprint density at radius 1 is 1.16 bits per heavy atom. The molecule has 25 heavy (non-hydrogen) atoms. The maximum atomic E-state index is 13.4. The number of halogens is 3. The molecule has 1 aromatic rings. The summed E-state index contributed by atoms with van der Waals surface area (Å²) in [4.78, 5) is 13.7. The summed E-state index contributed by atoms with van der Waals surface area (Å²) in [6, 6.07) is 3.83. The van der Waals surface area contributed by atoms with Gasteiger partial charge in [-0.3, -0.25) is 9.69 Å². The topological polar surface area (TPSA) is 44.4 Å². The third-order valence-electron chi connectivity index (χ3n) is 5.04. The number of nitrogens with zero attached hydrogens (tertiary/aromatic N) is 1. The van der Waals surface area contributed by atoms with Gasteiger partial charge >= 0.3 is 6.18 Å². The number of nitrogens with one attached hydrogen (secondary N) is 2. The number of alkyl halides is 3. The second-order valence-electron chi connectivity index (χ2n) is 6.74. The molecule has 2 N–H and O–H groups in total. The Hall–Kier alpha value is -1.60. The molecule has 7 heteroatoms. The molecule has 0 bridgehead atoms. The van der Waals surface area contributed by atoms with Crippen LogP contribution in [0.5, 0.6) is 0 Å². The van der Waals surface area contributed by atoms with Crippen LogP contribution < -0.4 is 10.6 Å². The number of fused-ring (bicyclic) bond motifs is 1. The first-order chi connectivity index (χ1) is 11.9. The fraction of sp³-hybridized carbons (Fsp3) is 0.611. The number of piperazine rings is 1. The van der Waals surface area contributed by atoms with Gasteiger partial charge in [-0.05, 0) is 48.9 Å². The first kappa shape index (κ1) is 18.2. The van der Waals surface area contributed by atoms with Crippen molar-refractivity contribution >= 4 is 5.91 Å². The van der Waals surface area contributed by atoms with Crippen LogP contribution in [-0.4, -0.2) is 55.7 Å². The van der Waals surface area contributed by atoms with E-state index in [1.165, 1.54) is 10.5 Å². The van der Waals surface area contributed by atoms with E-state index in [1.54, 1.807) is 6.07 Å². The van der Waals surface area contributed by atoms with E-state index in [0.29, 0.717) is 31.7 Å². The molecule has 3 rings (SSSR count). The monoisotopic (exact) mass is 355 g/mol. The van der Waals surface area contributed by atoms with E-state index in [1.807, 2.05) is 12.1 Å². The quantitative estimate of drug-likeness (QED) is 0.870. The second-order valence-corrected chi connectivity index (χ2v) is 6.74. The Morgan fingerprint density at radius 3 is 2.52 bits per heavy atom. The van der Waals surface area contributed by atoms with E-state index in [9.17, 15) is 18.0 Å². The van der Waals surface area contributed by atoms with Crippen LogP contribution in [0, 0.1) is 0 Å². The van der Waals surface area contributed by atoms with Gasteiger partial charge in [-0.25, -0.2) is 0 Å². The number of hydrogen-bond acceptors (Lipinski definition) is 3. The summed E-state index contributed by atoms with van der Waals surface area (Å²) >= 11 is 0. The Kier molecular flexibility index (Phi) is 5.64. The molecule has 1 unspecified atom stereocenters. The van der Waals surface area contributed by atoms with Gasteiger partial charge in [0.15, 0.2) is 0 Å². The van der Waals surface area contributed by atoms with Crippen molar-refractivity contribution < 1.29 is 18.0 Å². The van der Waals surface area contributed by atoms with Crippen LogP contribution in [0.25, 0.3) is 0 Å². The summed E-state index contributed by atoms with van der Waals surface area (Å²) in [5.74, 6) is -0.433. The molecular formula is C18H24F3N3O. The summed E-state index contributed by atoms with van der Waals surface area (Å²) in [6.07, 6.45) is -0.174. The Balaban J connectivity index is 1.65. The molecule has 0 aromatic heterocycles. The lowest BCUT2D eigenvalue weighted by Gasteiger charge is -2.35. The molecule has 1 fully saturated rings. The van der Waals surface area contributed by atoms with Crippen molar-refractivity contribution in [2.75, 3.05) is 32.7 Å². The van der Waals surface area contributed by atoms with Crippen LogP contribution in [0.1, 0.15) is 34.3 Å². The largest absolute Gasteiger partial charge is 0.405 e. The molecule has 1 atom stereocenters. The number of rotatable bonds is 4. The molecule has 1 aliphatic carbocycles. The summed E-state index contributed by atoms with van der Waals surface area (Å²) < 4.78 is 40.1. The molecule has 0 saturated carbocycles. The van der Waals surface area contributed by atoms with E-state index < -0.39 is 24.7 Å². The van der Waals surface area contributed by atoms with Crippen molar-refractivity contribution in [2.45, 2.75) is 37.9 Å². The minimum Gasteiger partial charge on any atom is -0.350 e. The van der Waals surface area contributed by atoms with Gasteiger partial charge in [0.05, 0.1) is 0 Å². The van der Waals surface area contributed by atoms with Crippen molar-refractivity contribution in [3.63, 3.8) is 0 Å². The standard InChI is InChI=1S/C18H24F3N3O/c19-18(20,21)16(24-9-7-22-8-10-24)12-23-17(25)15-6-5-13-3-1-2-4-14(13)11-15/h5-6,11,16,22H,1-4,7-10,12H2,(H,23,25). The molecule has 2 aliphatic rings. The van der Waals surface area contributed by atoms with Crippen molar-refractivity contribution in [3.05, 3.63) is 34.9 Å². The van der Waals surface area contributed by atoms with Gasteiger partial charge in [-0.1, -0.05) is 6.07 Å². The third-order valence-corrected chi connectivity index (χ3v) is 5.04. The van der Waals surface area contributed by atoms with Crippen LogP contribution in [0.4, 0.5) is 13.2 Å². The average molecular weight is 355 g/mol. The number of aryl methyl sites for hydroxylation is 2. The summed E-state index contributed by atoms with van der Waals surface area (Å²) in [6.45, 7) is 1.31. The third kappa shape index (κ3) is 4.52. The Labute approximate surface area is 145 Å². The predicted octanol–water partition coefficient (Wildman–Crippen LogP) is 2.13. The van der Waals surface area contributed by atoms with Crippen LogP contribution in [0.2, 0.25) is 0 Å². The molecule has 4 nitrogen and oxygen atoms in total. The van der Waals surface area contributed by atoms with Gasteiger partial charge in [0, 0.05) is 38.3 Å². The summed E-state index contributed by atoms with van der Waals surface area (Å²) in [5.41, 5.74) is 2.84. The Morgan fingerprint density at radius 2 is 1.84 bits per heavy atom. The van der Waals surface area contributed by atoms with Crippen LogP contribution in [0.15, 0.2) is 18.2 Å². The molecule has 1 saturated heterocycles. The van der Waals surface area contributed by atoms with Crippen molar-refractivity contribution in [3.8, 4) is 0 Å². The molecule has 0 radical (unpaired) electrons. The van der Waals surface area contributed by atoms with Crippen LogP contribution in [0.3, 0.4) is 0 Å². The lowest BCUT2D eigenvalue weighted by atomic mass is 9.90. The first-order valence-electron chi connectivity index (χ1n) is 8.86. The minimum absolute atomic E-state index is 0.332. The van der Waals surface area contributed by atoms with Gasteiger partial charge in [0.25, 0.3) is 5.91 Å². The van der Waals surface area contributed by atoms with E-state index in [4.69, 9.17) is 0 Å². The number of hydrogen-bond donors (Lipinski definition) is 2. The molecule has 138 valence electrons. The lowest BCUT2D eigenvalue weighted by molar-refractivity contribution is -0.183. The minimum atomic E-state index is -4.36. The molecule has 1 aliphatic heterocycles. The fourth-order valence-electron chi connectivity index (χ4n) is 3.61. The van der Waals surface area contributed by atoms with Gasteiger partial charge in [-0.2, -0.15) is 13.2 Å². The zero-order valence-electron chi connectivity index (χ0n) is 14.2. The number of carbonyl (C=O) groups excluding carboxylic acids is 1. The Bertz CT molecular complexity index is 612. The molecule has 0 spiro atoms. The summed E-state index contributed by atoms with van der Waals surface area (Å²) in [5, 5.41) is 5.53. The molecule has 1 aromatic carbocycles. The number of carbonyl (C=O) groups is 1. The van der Waals surface area contributed by atoms with Crippen molar-refractivity contribution in [2.24, 2.45) is 0 Å². The van der Waals surface area contributed by atoms with E-state index >= 15 is 0 Å². The highest BCUT2D eigenvalue weighted by Gasteiger charge is 2.43. The van der Waals surface area contributed by atoms with Gasteiger partial charge < -0.3 is 10.6 Å². The van der Waals surface area contributed by atoms with Crippen LogP contribution in [-0.2, 0) is 12.8 Å². The highest BCUT2D eigenvalue weighted by molar-refractivity contribution is 5.94. The maximum absolute atomic E-state index is 13.4. The number of benzene rings is 1. The fourth-order valence-corrected chi connectivity index (χ4v) is 3.61. The molecule has 1 heterocycles. The van der Waals surface area contributed by atoms with Crippen molar-refractivity contribution in [1.82, 2.24) is 15.5 Å². The SMILES string of the molecule is O=C(NCC(N1CCNCC1)C(F)(F)F)c1ccc2c(c1)CCCC2. The molecule has 1 amide bonds.